The summed E-state index contributed by atoms with van der Waals surface area (Å²) in [5.41, 5.74) is -0.599. The fourth-order valence-electron chi connectivity index (χ4n) is 3.09. The van der Waals surface area contributed by atoms with Gasteiger partial charge in [-0.05, 0) is 24.3 Å². The first-order valence-electron chi connectivity index (χ1n) is 10.1. The lowest BCUT2D eigenvalue weighted by Crippen LogP contribution is -2.20. The molecule has 34 heavy (non-hydrogen) atoms. The molecule has 1 N–H and O–H groups in total. The molecule has 0 bridgehead atoms. The average Bonchev–Trinajstić information content (AvgIpc) is 3.27. The lowest BCUT2D eigenvalue weighted by atomic mass is 10.1. The summed E-state index contributed by atoms with van der Waals surface area (Å²) in [7, 11) is 0. The minimum absolute atomic E-state index is 0.0419. The molecule has 0 aliphatic rings. The molecule has 0 unspecified atom stereocenters. The van der Waals surface area contributed by atoms with Crippen molar-refractivity contribution < 1.29 is 23.4 Å². The number of carboxylic acids is 1. The van der Waals surface area contributed by atoms with Gasteiger partial charge in [-0.15, -0.1) is 10.2 Å². The highest BCUT2D eigenvalue weighted by atomic mass is 32.1. The van der Waals surface area contributed by atoms with Gasteiger partial charge in [0.15, 0.2) is 5.01 Å². The highest BCUT2D eigenvalue weighted by Gasteiger charge is 2.19. The lowest BCUT2D eigenvalue weighted by molar-refractivity contribution is 0.0691. The number of hydrogen-bond donors (Lipinski definition) is 1. The normalized spacial score (nSPS) is 11.1. The zero-order chi connectivity index (χ0) is 24.4. The van der Waals surface area contributed by atoms with Crippen LogP contribution in [0.25, 0.3) is 10.6 Å². The van der Waals surface area contributed by atoms with E-state index in [0.29, 0.717) is 5.01 Å². The third kappa shape index (κ3) is 4.84. The number of nitrogens with zero attached hydrogens (tertiary/aromatic N) is 4. The number of ether oxygens (including phenoxy) is 1. The summed E-state index contributed by atoms with van der Waals surface area (Å²) >= 11 is 1.28. The number of aromatic carboxylic acids is 1. The summed E-state index contributed by atoms with van der Waals surface area (Å²) in [5.74, 6) is -2.94. The van der Waals surface area contributed by atoms with Gasteiger partial charge in [-0.1, -0.05) is 25.2 Å². The molecule has 4 rings (SSSR count). The molecule has 0 spiro atoms. The first kappa shape index (κ1) is 23.2. The number of rotatable bonds is 7. The van der Waals surface area contributed by atoms with Crippen molar-refractivity contribution in [3.05, 3.63) is 87.0 Å². The smallest absolute Gasteiger partial charge is 0.338 e. The van der Waals surface area contributed by atoms with E-state index in [1.54, 1.807) is 0 Å². The van der Waals surface area contributed by atoms with Gasteiger partial charge >= 0.3 is 5.97 Å². The average molecular weight is 484 g/mol. The largest absolute Gasteiger partial charge is 0.478 e. The summed E-state index contributed by atoms with van der Waals surface area (Å²) in [4.78, 5) is 27.3. The van der Waals surface area contributed by atoms with Gasteiger partial charge in [0, 0.05) is 35.4 Å². The molecule has 2 heterocycles. The van der Waals surface area contributed by atoms with Crippen LogP contribution < -0.4 is 10.3 Å². The predicted molar refractivity (Wildman–Crippen MR) is 120 cm³/mol. The molecule has 0 amide bonds. The SMILES string of the molecule is CC(C)c1nnc(-c2ccc(Oc3cc(C(=O)O)c(F)cc3Cn3cnccc3=O)cc2F)s1. The summed E-state index contributed by atoms with van der Waals surface area (Å²) < 4.78 is 36.2. The Balaban J connectivity index is 1.70. The Morgan fingerprint density at radius 3 is 2.59 bits per heavy atom. The first-order valence-corrected chi connectivity index (χ1v) is 10.9. The third-order valence-electron chi connectivity index (χ3n) is 4.85. The molecule has 0 saturated carbocycles. The van der Waals surface area contributed by atoms with Crippen molar-refractivity contribution in [3.8, 4) is 22.1 Å². The van der Waals surface area contributed by atoms with Crippen LogP contribution in [-0.4, -0.2) is 30.8 Å². The van der Waals surface area contributed by atoms with Crippen molar-refractivity contribution in [2.75, 3.05) is 0 Å². The van der Waals surface area contributed by atoms with Gasteiger partial charge in [0.2, 0.25) is 0 Å². The number of hydrogen-bond acceptors (Lipinski definition) is 7. The van der Waals surface area contributed by atoms with E-state index in [1.807, 2.05) is 13.8 Å². The quantitative estimate of drug-likeness (QED) is 0.405. The third-order valence-corrected chi connectivity index (χ3v) is 6.10. The van der Waals surface area contributed by atoms with Crippen LogP contribution in [0.3, 0.4) is 0 Å². The second-order valence-corrected chi connectivity index (χ2v) is 8.64. The Morgan fingerprint density at radius 1 is 1.15 bits per heavy atom. The highest BCUT2D eigenvalue weighted by Crippen LogP contribution is 2.34. The van der Waals surface area contributed by atoms with Crippen LogP contribution in [0.4, 0.5) is 8.78 Å². The zero-order valence-electron chi connectivity index (χ0n) is 18.0. The molecule has 0 aliphatic carbocycles. The molecule has 0 saturated heterocycles. The molecule has 0 radical (unpaired) electrons. The molecule has 4 aromatic rings. The number of halogens is 2. The highest BCUT2D eigenvalue weighted by molar-refractivity contribution is 7.14. The maximum atomic E-state index is 14.9. The van der Waals surface area contributed by atoms with Gasteiger partial charge < -0.3 is 9.84 Å². The Morgan fingerprint density at radius 2 is 1.94 bits per heavy atom. The van der Waals surface area contributed by atoms with Crippen LogP contribution in [0.15, 0.2) is 53.7 Å². The minimum atomic E-state index is -1.49. The second kappa shape index (κ2) is 9.48. The lowest BCUT2D eigenvalue weighted by Gasteiger charge is -2.14. The fraction of sp³-hybridized carbons (Fsp3) is 0.174. The standard InChI is InChI=1S/C23H18F2N4O4S/c1-12(2)21-27-28-22(34-21)15-4-3-14(8-18(15)25)33-19-9-16(23(31)32)17(24)7-13(19)10-29-11-26-6-5-20(29)30/h3-9,11-12H,10H2,1-2H3,(H,31,32). The van der Waals surface area contributed by atoms with Crippen molar-refractivity contribution >= 4 is 17.3 Å². The molecule has 11 heteroatoms. The van der Waals surface area contributed by atoms with Crippen LogP contribution in [0.5, 0.6) is 11.5 Å². The van der Waals surface area contributed by atoms with E-state index in [4.69, 9.17) is 4.74 Å². The van der Waals surface area contributed by atoms with Crippen molar-refractivity contribution in [1.29, 1.82) is 0 Å². The number of carboxylic acid groups (broad SMARTS) is 1. The predicted octanol–water partition coefficient (Wildman–Crippen LogP) is 4.70. The molecule has 8 nitrogen and oxygen atoms in total. The number of benzene rings is 2. The van der Waals surface area contributed by atoms with Crippen LogP contribution >= 0.6 is 11.3 Å². The van der Waals surface area contributed by atoms with Crippen LogP contribution in [0.1, 0.15) is 40.7 Å². The van der Waals surface area contributed by atoms with Crippen molar-refractivity contribution in [1.82, 2.24) is 19.7 Å². The van der Waals surface area contributed by atoms with E-state index >= 15 is 0 Å². The maximum Gasteiger partial charge on any atom is 0.338 e. The summed E-state index contributed by atoms with van der Waals surface area (Å²) in [6, 6.07) is 7.28. The fourth-order valence-corrected chi connectivity index (χ4v) is 3.97. The van der Waals surface area contributed by atoms with Crippen molar-refractivity contribution in [2.45, 2.75) is 26.3 Å². The van der Waals surface area contributed by atoms with Gasteiger partial charge in [0.25, 0.3) is 5.56 Å². The van der Waals surface area contributed by atoms with Crippen LogP contribution in [0, 0.1) is 11.6 Å². The second-order valence-electron chi connectivity index (χ2n) is 7.64. The molecule has 0 aliphatic heterocycles. The molecule has 0 fully saturated rings. The van der Waals surface area contributed by atoms with Crippen molar-refractivity contribution in [3.63, 3.8) is 0 Å². The zero-order valence-corrected chi connectivity index (χ0v) is 18.8. The van der Waals surface area contributed by atoms with Crippen molar-refractivity contribution in [2.24, 2.45) is 0 Å². The molecular formula is C23H18F2N4O4S. The van der Waals surface area contributed by atoms with Gasteiger partial charge in [0.05, 0.1) is 18.4 Å². The van der Waals surface area contributed by atoms with E-state index in [0.717, 1.165) is 23.2 Å². The van der Waals surface area contributed by atoms with Crippen LogP contribution in [-0.2, 0) is 6.54 Å². The van der Waals surface area contributed by atoms with E-state index < -0.39 is 28.7 Å². The number of aromatic nitrogens is 4. The topological polar surface area (TPSA) is 107 Å². The van der Waals surface area contributed by atoms with E-state index in [2.05, 4.69) is 15.2 Å². The Labute approximate surface area is 196 Å². The van der Waals surface area contributed by atoms with Gasteiger partial charge in [-0.25, -0.2) is 18.6 Å². The van der Waals surface area contributed by atoms with Crippen LogP contribution in [0.2, 0.25) is 0 Å². The van der Waals surface area contributed by atoms with E-state index in [1.165, 1.54) is 46.6 Å². The Hall–Kier alpha value is -3.99. The summed E-state index contributed by atoms with van der Waals surface area (Å²) in [6.07, 6.45) is 2.58. The number of carbonyl (C=O) groups is 1. The molecule has 2 aromatic heterocycles. The minimum Gasteiger partial charge on any atom is -0.478 e. The summed E-state index contributed by atoms with van der Waals surface area (Å²) in [5, 5.41) is 18.6. The molecule has 2 aromatic carbocycles. The molecule has 0 atom stereocenters. The first-order chi connectivity index (χ1) is 16.2. The van der Waals surface area contributed by atoms with Gasteiger partial charge in [-0.2, -0.15) is 0 Å². The summed E-state index contributed by atoms with van der Waals surface area (Å²) in [6.45, 7) is 3.79. The molecule has 174 valence electrons. The monoisotopic (exact) mass is 484 g/mol. The van der Waals surface area contributed by atoms with E-state index in [9.17, 15) is 23.5 Å². The molecular weight excluding hydrogens is 466 g/mol. The van der Waals surface area contributed by atoms with Gasteiger partial charge in [-0.3, -0.25) is 9.36 Å². The van der Waals surface area contributed by atoms with Gasteiger partial charge in [0.1, 0.15) is 28.1 Å². The Kier molecular flexibility index (Phi) is 6.46. The van der Waals surface area contributed by atoms with E-state index in [-0.39, 0.29) is 35.1 Å². The maximum absolute atomic E-state index is 14.9. The Bertz CT molecular complexity index is 1430.